The summed E-state index contributed by atoms with van der Waals surface area (Å²) < 4.78 is 37.8. The van der Waals surface area contributed by atoms with E-state index in [9.17, 15) is 8.42 Å². The highest BCUT2D eigenvalue weighted by atomic mass is 32.2. The van der Waals surface area contributed by atoms with Gasteiger partial charge in [-0.2, -0.15) is 4.37 Å². The quantitative estimate of drug-likeness (QED) is 0.868. The number of piperidine rings is 1. The molecule has 1 aliphatic carbocycles. The van der Waals surface area contributed by atoms with Crippen molar-refractivity contribution in [3.05, 3.63) is 0 Å². The van der Waals surface area contributed by atoms with Gasteiger partial charge in [-0.15, -0.1) is 4.37 Å². The van der Waals surface area contributed by atoms with Crippen LogP contribution in [-0.4, -0.2) is 41.6 Å². The van der Waals surface area contributed by atoms with E-state index in [0.29, 0.717) is 18.4 Å². The molecule has 1 N–H and O–H groups in total. The highest BCUT2D eigenvalue weighted by Crippen LogP contribution is 2.35. The Morgan fingerprint density at radius 1 is 1.42 bits per heavy atom. The first-order valence-electron chi connectivity index (χ1n) is 6.55. The molecule has 0 aromatic carbocycles. The van der Waals surface area contributed by atoms with Gasteiger partial charge in [0.15, 0.2) is 0 Å². The highest BCUT2D eigenvalue weighted by Gasteiger charge is 2.42. The van der Waals surface area contributed by atoms with E-state index in [1.54, 1.807) is 0 Å². The largest absolute Gasteiger partial charge is 0.470 e. The molecule has 3 atom stereocenters. The van der Waals surface area contributed by atoms with Crippen LogP contribution < -0.4 is 10.1 Å². The van der Waals surface area contributed by atoms with Crippen LogP contribution in [0.1, 0.15) is 26.2 Å². The van der Waals surface area contributed by atoms with Crippen LogP contribution in [0, 0.1) is 5.92 Å². The van der Waals surface area contributed by atoms with Gasteiger partial charge in [0.25, 0.3) is 5.88 Å². The number of ether oxygens (including phenoxy) is 1. The van der Waals surface area contributed by atoms with E-state index in [-0.39, 0.29) is 22.8 Å². The Hall–Kier alpha value is -0.730. The summed E-state index contributed by atoms with van der Waals surface area (Å²) in [6.07, 6.45) is 2.68. The highest BCUT2D eigenvalue weighted by molar-refractivity contribution is 7.91. The van der Waals surface area contributed by atoms with Gasteiger partial charge in [-0.25, -0.2) is 8.42 Å². The minimum atomic E-state index is -3.36. The van der Waals surface area contributed by atoms with Crippen molar-refractivity contribution in [1.82, 2.24) is 14.1 Å². The second-order valence-corrected chi connectivity index (χ2v) is 7.75. The maximum absolute atomic E-state index is 12.1. The average molecular weight is 303 g/mol. The van der Waals surface area contributed by atoms with E-state index < -0.39 is 9.84 Å². The SMILES string of the molecule is CCCS(=O)(=O)c1nsnc1O[C@@H]1C[C@H]2CN[C@@H]1C2. The lowest BCUT2D eigenvalue weighted by molar-refractivity contribution is 0.149. The summed E-state index contributed by atoms with van der Waals surface area (Å²) in [5, 5.41) is 3.40. The molecular formula is C11H17N3O3S2. The fourth-order valence-corrected chi connectivity index (χ4v) is 4.97. The molecule has 19 heavy (non-hydrogen) atoms. The first-order chi connectivity index (χ1) is 9.10. The number of rotatable bonds is 5. The number of sulfone groups is 1. The molecule has 106 valence electrons. The van der Waals surface area contributed by atoms with Gasteiger partial charge < -0.3 is 10.1 Å². The van der Waals surface area contributed by atoms with Crippen molar-refractivity contribution < 1.29 is 13.2 Å². The number of nitrogens with one attached hydrogen (secondary N) is 1. The molecule has 6 nitrogen and oxygen atoms in total. The summed E-state index contributed by atoms with van der Waals surface area (Å²) in [5.41, 5.74) is 0. The Morgan fingerprint density at radius 2 is 2.26 bits per heavy atom. The molecule has 1 aromatic heterocycles. The van der Waals surface area contributed by atoms with Crippen molar-refractivity contribution in [3.63, 3.8) is 0 Å². The molecule has 0 unspecified atom stereocenters. The molecule has 0 radical (unpaired) electrons. The van der Waals surface area contributed by atoms with E-state index in [4.69, 9.17) is 4.74 Å². The van der Waals surface area contributed by atoms with E-state index in [1.807, 2.05) is 6.92 Å². The fourth-order valence-electron chi connectivity index (χ4n) is 2.87. The monoisotopic (exact) mass is 303 g/mol. The minimum Gasteiger partial charge on any atom is -0.470 e. The summed E-state index contributed by atoms with van der Waals surface area (Å²) in [4.78, 5) is 0. The Labute approximate surface area is 116 Å². The van der Waals surface area contributed by atoms with E-state index >= 15 is 0 Å². The van der Waals surface area contributed by atoms with Crippen LogP contribution in [0.5, 0.6) is 5.88 Å². The average Bonchev–Trinajstić information content (AvgIpc) is 3.03. The molecule has 1 saturated heterocycles. The summed E-state index contributed by atoms with van der Waals surface area (Å²) in [5.74, 6) is 0.930. The standard InChI is InChI=1S/C11H17N3O3S2/c1-2-3-19(15,16)11-10(13-18-14-11)17-9-5-7-4-8(9)12-6-7/h7-9,12H,2-6H2,1H3/t7-,8+,9+/m0/s1. The van der Waals surface area contributed by atoms with E-state index in [1.165, 1.54) is 0 Å². The van der Waals surface area contributed by atoms with Gasteiger partial charge in [-0.1, -0.05) is 6.92 Å². The third-order valence-corrected chi connectivity index (χ3v) is 6.16. The van der Waals surface area contributed by atoms with E-state index in [0.717, 1.165) is 31.1 Å². The molecule has 2 heterocycles. The zero-order valence-corrected chi connectivity index (χ0v) is 12.3. The molecule has 3 rings (SSSR count). The lowest BCUT2D eigenvalue weighted by Gasteiger charge is -2.23. The summed E-state index contributed by atoms with van der Waals surface area (Å²) in [7, 11) is -3.36. The van der Waals surface area contributed by atoms with Gasteiger partial charge in [0.05, 0.1) is 17.5 Å². The zero-order chi connectivity index (χ0) is 13.5. The number of aromatic nitrogens is 2. The van der Waals surface area contributed by atoms with Crippen LogP contribution >= 0.6 is 11.7 Å². The van der Waals surface area contributed by atoms with Crippen LogP contribution in [0.3, 0.4) is 0 Å². The van der Waals surface area contributed by atoms with Crippen molar-refractivity contribution >= 4 is 21.6 Å². The predicted octanol–water partition coefficient (Wildman–Crippen LogP) is 0.851. The fraction of sp³-hybridized carbons (Fsp3) is 0.818. The maximum Gasteiger partial charge on any atom is 0.265 e. The Balaban J connectivity index is 1.77. The van der Waals surface area contributed by atoms with Gasteiger partial charge in [0.2, 0.25) is 14.9 Å². The number of hydrogen-bond acceptors (Lipinski definition) is 7. The predicted molar refractivity (Wildman–Crippen MR) is 71.2 cm³/mol. The third kappa shape index (κ3) is 2.48. The summed E-state index contributed by atoms with van der Waals surface area (Å²) in [6, 6.07) is 0.327. The molecule has 2 bridgehead atoms. The second kappa shape index (κ2) is 4.99. The zero-order valence-electron chi connectivity index (χ0n) is 10.7. The van der Waals surface area contributed by atoms with E-state index in [2.05, 4.69) is 14.1 Å². The molecule has 1 aliphatic heterocycles. The summed E-state index contributed by atoms with van der Waals surface area (Å²) >= 11 is 0.898. The molecule has 1 aromatic rings. The summed E-state index contributed by atoms with van der Waals surface area (Å²) in [6.45, 7) is 2.87. The van der Waals surface area contributed by atoms with Crippen LogP contribution in [0.25, 0.3) is 0 Å². The molecule has 2 aliphatic rings. The lowest BCUT2D eigenvalue weighted by Crippen LogP contribution is -2.40. The Kier molecular flexibility index (Phi) is 3.48. The Bertz CT molecular complexity index is 557. The van der Waals surface area contributed by atoms with Gasteiger partial charge in [-0.05, 0) is 31.7 Å². The van der Waals surface area contributed by atoms with Crippen molar-refractivity contribution in [2.45, 2.75) is 43.4 Å². The lowest BCUT2D eigenvalue weighted by atomic mass is 10.1. The molecule has 8 heteroatoms. The van der Waals surface area contributed by atoms with Crippen molar-refractivity contribution in [3.8, 4) is 5.88 Å². The second-order valence-electron chi connectivity index (χ2n) is 5.20. The van der Waals surface area contributed by atoms with Crippen LogP contribution in [-0.2, 0) is 9.84 Å². The van der Waals surface area contributed by atoms with Gasteiger partial charge in [0, 0.05) is 6.04 Å². The van der Waals surface area contributed by atoms with Gasteiger partial charge in [0.1, 0.15) is 6.10 Å². The van der Waals surface area contributed by atoms with Crippen molar-refractivity contribution in [2.24, 2.45) is 5.92 Å². The number of hydrogen-bond donors (Lipinski definition) is 1. The van der Waals surface area contributed by atoms with Crippen LogP contribution in [0.2, 0.25) is 0 Å². The molecule has 2 fully saturated rings. The normalized spacial score (nSPS) is 29.8. The van der Waals surface area contributed by atoms with Crippen LogP contribution in [0.15, 0.2) is 5.03 Å². The molecular weight excluding hydrogens is 286 g/mol. The van der Waals surface area contributed by atoms with Crippen molar-refractivity contribution in [2.75, 3.05) is 12.3 Å². The minimum absolute atomic E-state index is 0.0159. The molecule has 0 spiro atoms. The number of nitrogens with zero attached hydrogens (tertiary/aromatic N) is 2. The van der Waals surface area contributed by atoms with Gasteiger partial charge in [-0.3, -0.25) is 0 Å². The smallest absolute Gasteiger partial charge is 0.265 e. The van der Waals surface area contributed by atoms with Gasteiger partial charge >= 0.3 is 0 Å². The Morgan fingerprint density at radius 3 is 2.89 bits per heavy atom. The van der Waals surface area contributed by atoms with Crippen LogP contribution in [0.4, 0.5) is 0 Å². The molecule has 0 amide bonds. The maximum atomic E-state index is 12.1. The third-order valence-electron chi connectivity index (χ3n) is 3.73. The number of fused-ring (bicyclic) bond motifs is 2. The first kappa shape index (κ1) is 13.3. The topological polar surface area (TPSA) is 81.2 Å². The molecule has 1 saturated carbocycles. The first-order valence-corrected chi connectivity index (χ1v) is 8.93. The van der Waals surface area contributed by atoms with Crippen molar-refractivity contribution in [1.29, 1.82) is 0 Å².